The van der Waals surface area contributed by atoms with Gasteiger partial charge in [0.05, 0.1) is 12.8 Å². The van der Waals surface area contributed by atoms with Crippen molar-refractivity contribution in [2.45, 2.75) is 13.8 Å². The molecule has 9 heteroatoms. The molecule has 0 saturated carbocycles. The normalized spacial score (nSPS) is 11.1. The quantitative estimate of drug-likeness (QED) is 0.268. The number of hydrogen-bond acceptors (Lipinski definition) is 7. The topological polar surface area (TPSA) is 94.8 Å². The average Bonchev–Trinajstić information content (AvgIpc) is 3.33. The lowest BCUT2D eigenvalue weighted by atomic mass is 10.1. The molecule has 8 nitrogen and oxygen atoms in total. The largest absolute Gasteiger partial charge is 0.493 e. The van der Waals surface area contributed by atoms with Crippen LogP contribution < -0.4 is 14.8 Å². The molecule has 4 aromatic rings. The number of carbonyl (C=O) groups is 2. The molecule has 2 aromatic heterocycles. The number of methoxy groups -OCH3 is 1. The van der Waals surface area contributed by atoms with Gasteiger partial charge in [-0.05, 0) is 30.7 Å². The van der Waals surface area contributed by atoms with Crippen LogP contribution in [0.5, 0.6) is 11.5 Å². The molecular formula is C23H20N4O4S. The van der Waals surface area contributed by atoms with Gasteiger partial charge in [-0.25, -0.2) is 4.52 Å². The minimum atomic E-state index is -0.441. The summed E-state index contributed by atoms with van der Waals surface area (Å²) in [4.78, 5) is 28.6. The monoisotopic (exact) mass is 448 g/mol. The summed E-state index contributed by atoms with van der Waals surface area (Å²) < 4.78 is 12.0. The van der Waals surface area contributed by atoms with E-state index in [1.54, 1.807) is 28.8 Å². The Morgan fingerprint density at radius 1 is 1.12 bits per heavy atom. The van der Waals surface area contributed by atoms with Crippen LogP contribution in [-0.4, -0.2) is 33.6 Å². The molecule has 0 aliphatic rings. The highest BCUT2D eigenvalue weighted by atomic mass is 32.1. The molecule has 32 heavy (non-hydrogen) atoms. The van der Waals surface area contributed by atoms with Crippen molar-refractivity contribution in [3.05, 3.63) is 65.0 Å². The zero-order chi connectivity index (χ0) is 22.7. The molecule has 0 aliphatic carbocycles. The van der Waals surface area contributed by atoms with Crippen LogP contribution in [0.15, 0.2) is 53.9 Å². The summed E-state index contributed by atoms with van der Waals surface area (Å²) in [6, 6.07) is 13.1. The first-order valence-electron chi connectivity index (χ1n) is 9.70. The lowest BCUT2D eigenvalue weighted by Crippen LogP contribution is -2.09. The van der Waals surface area contributed by atoms with Crippen molar-refractivity contribution in [3.63, 3.8) is 0 Å². The minimum absolute atomic E-state index is 0.225. The van der Waals surface area contributed by atoms with Crippen LogP contribution >= 0.6 is 11.3 Å². The highest BCUT2D eigenvalue weighted by Crippen LogP contribution is 2.29. The van der Waals surface area contributed by atoms with Gasteiger partial charge < -0.3 is 9.47 Å². The molecule has 0 radical (unpaired) electrons. The molecule has 0 aliphatic heterocycles. The summed E-state index contributed by atoms with van der Waals surface area (Å²) in [6.07, 6.45) is 2.99. The Hall–Kier alpha value is -3.98. The Morgan fingerprint density at radius 3 is 2.62 bits per heavy atom. The first-order chi connectivity index (χ1) is 15.4. The number of amides is 1. The number of ether oxygens (including phenoxy) is 2. The lowest BCUT2D eigenvalue weighted by Gasteiger charge is -2.08. The molecule has 0 atom stereocenters. The summed E-state index contributed by atoms with van der Waals surface area (Å²) in [7, 11) is 1.48. The number of hydrogen-bond donors (Lipinski definition) is 1. The fourth-order valence-corrected chi connectivity index (χ4v) is 3.84. The van der Waals surface area contributed by atoms with Gasteiger partial charge in [-0.3, -0.25) is 14.9 Å². The van der Waals surface area contributed by atoms with Gasteiger partial charge in [0, 0.05) is 23.9 Å². The number of benzene rings is 2. The highest BCUT2D eigenvalue weighted by molar-refractivity contribution is 7.15. The maximum Gasteiger partial charge on any atom is 0.308 e. The Morgan fingerprint density at radius 2 is 1.91 bits per heavy atom. The maximum absolute atomic E-state index is 12.4. The van der Waals surface area contributed by atoms with E-state index < -0.39 is 5.97 Å². The van der Waals surface area contributed by atoms with Gasteiger partial charge in [0.2, 0.25) is 4.96 Å². The molecule has 162 valence electrons. The van der Waals surface area contributed by atoms with Gasteiger partial charge in [-0.15, -0.1) is 16.4 Å². The number of carbonyl (C=O) groups excluding carboxylic acids is 2. The van der Waals surface area contributed by atoms with E-state index in [1.807, 2.05) is 36.6 Å². The summed E-state index contributed by atoms with van der Waals surface area (Å²) >= 11 is 1.45. The third-order valence-corrected chi connectivity index (χ3v) is 5.35. The number of esters is 1. The first-order valence-corrected chi connectivity index (χ1v) is 10.6. The fourth-order valence-electron chi connectivity index (χ4n) is 3.01. The SMILES string of the molecule is COc1cc(/C=C/C(=O)Nc2nc3scc(-c4ccc(C)cc4)n3n2)ccc1OC(C)=O. The molecule has 1 N–H and O–H groups in total. The number of rotatable bonds is 6. The van der Waals surface area contributed by atoms with E-state index in [0.717, 1.165) is 11.3 Å². The molecule has 0 saturated heterocycles. The number of aryl methyl sites for hydroxylation is 1. The predicted molar refractivity (Wildman–Crippen MR) is 123 cm³/mol. The van der Waals surface area contributed by atoms with Crippen molar-refractivity contribution >= 4 is 40.2 Å². The molecule has 0 unspecified atom stereocenters. The fraction of sp³-hybridized carbons (Fsp3) is 0.130. The number of anilines is 1. The minimum Gasteiger partial charge on any atom is -0.493 e. The Balaban J connectivity index is 1.48. The van der Waals surface area contributed by atoms with E-state index in [2.05, 4.69) is 15.4 Å². The van der Waals surface area contributed by atoms with Crippen molar-refractivity contribution < 1.29 is 19.1 Å². The third-order valence-electron chi connectivity index (χ3n) is 4.53. The van der Waals surface area contributed by atoms with Crippen molar-refractivity contribution in [1.29, 1.82) is 0 Å². The van der Waals surface area contributed by atoms with E-state index in [-0.39, 0.29) is 11.9 Å². The molecule has 2 aromatic carbocycles. The maximum atomic E-state index is 12.4. The molecule has 4 rings (SSSR count). The van der Waals surface area contributed by atoms with Crippen LogP contribution in [0.2, 0.25) is 0 Å². The molecule has 1 amide bonds. The standard InChI is InChI=1S/C23H20N4O4S/c1-14-4-8-17(9-5-14)18-13-32-23-25-22(26-27(18)23)24-21(29)11-7-16-6-10-19(31-15(2)28)20(12-16)30-3/h4-13H,1-3H3,(H,24,26,29)/b11-7+. The molecule has 0 bridgehead atoms. The molecule has 0 fully saturated rings. The second-order valence-electron chi connectivity index (χ2n) is 6.94. The van der Waals surface area contributed by atoms with Crippen LogP contribution in [-0.2, 0) is 9.59 Å². The molecule has 0 spiro atoms. The van der Waals surface area contributed by atoms with Gasteiger partial charge in [-0.2, -0.15) is 4.98 Å². The Bertz CT molecular complexity index is 1320. The van der Waals surface area contributed by atoms with Crippen molar-refractivity contribution in [3.8, 4) is 22.8 Å². The number of nitrogens with one attached hydrogen (secondary N) is 1. The van der Waals surface area contributed by atoms with Crippen molar-refractivity contribution in [2.75, 3.05) is 12.4 Å². The van der Waals surface area contributed by atoms with Crippen LogP contribution in [0.4, 0.5) is 5.95 Å². The molecular weight excluding hydrogens is 428 g/mol. The van der Waals surface area contributed by atoms with Crippen LogP contribution in [0.1, 0.15) is 18.1 Å². The van der Waals surface area contributed by atoms with Crippen LogP contribution in [0.3, 0.4) is 0 Å². The lowest BCUT2D eigenvalue weighted by molar-refractivity contribution is -0.132. The van der Waals surface area contributed by atoms with Gasteiger partial charge >= 0.3 is 5.97 Å². The second kappa shape index (κ2) is 9.03. The van der Waals surface area contributed by atoms with Gasteiger partial charge in [-0.1, -0.05) is 35.9 Å². The number of thiazole rings is 1. The smallest absolute Gasteiger partial charge is 0.308 e. The highest BCUT2D eigenvalue weighted by Gasteiger charge is 2.13. The van der Waals surface area contributed by atoms with Crippen LogP contribution in [0.25, 0.3) is 22.3 Å². The zero-order valence-electron chi connectivity index (χ0n) is 17.7. The number of aromatic nitrogens is 3. The van der Waals surface area contributed by atoms with Gasteiger partial charge in [0.25, 0.3) is 11.9 Å². The van der Waals surface area contributed by atoms with Crippen molar-refractivity contribution in [2.24, 2.45) is 0 Å². The average molecular weight is 449 g/mol. The van der Waals surface area contributed by atoms with E-state index in [0.29, 0.717) is 22.0 Å². The summed E-state index contributed by atoms with van der Waals surface area (Å²) in [5.74, 6) is 0.116. The predicted octanol–water partition coefficient (Wildman–Crippen LogP) is 4.35. The van der Waals surface area contributed by atoms with Crippen molar-refractivity contribution in [1.82, 2.24) is 14.6 Å². The summed E-state index contributed by atoms with van der Waals surface area (Å²) in [6.45, 7) is 3.35. The van der Waals surface area contributed by atoms with E-state index >= 15 is 0 Å². The van der Waals surface area contributed by atoms with E-state index in [9.17, 15) is 9.59 Å². The molecule has 2 heterocycles. The van der Waals surface area contributed by atoms with Gasteiger partial charge in [0.15, 0.2) is 11.5 Å². The van der Waals surface area contributed by atoms with Gasteiger partial charge in [0.1, 0.15) is 0 Å². The van der Waals surface area contributed by atoms with E-state index in [1.165, 1.54) is 37.0 Å². The Kier molecular flexibility index (Phi) is 6.00. The number of fused-ring (bicyclic) bond motifs is 1. The zero-order valence-corrected chi connectivity index (χ0v) is 18.5. The summed E-state index contributed by atoms with van der Waals surface area (Å²) in [5, 5.41) is 9.08. The Labute approximate surface area is 188 Å². The third kappa shape index (κ3) is 4.68. The summed E-state index contributed by atoms with van der Waals surface area (Å²) in [5.41, 5.74) is 3.81. The van der Waals surface area contributed by atoms with Crippen LogP contribution in [0, 0.1) is 6.92 Å². The van der Waals surface area contributed by atoms with E-state index in [4.69, 9.17) is 9.47 Å². The first kappa shape index (κ1) is 21.3. The second-order valence-corrected chi connectivity index (χ2v) is 7.78. The number of nitrogens with zero attached hydrogens (tertiary/aromatic N) is 3.